The van der Waals surface area contributed by atoms with Gasteiger partial charge < -0.3 is 9.80 Å². The number of rotatable bonds is 1. The first-order chi connectivity index (χ1) is 25.1. The Morgan fingerprint density at radius 2 is 1.11 bits per heavy atom. The maximum absolute atomic E-state index is 2.70. The van der Waals surface area contributed by atoms with Crippen LogP contribution in [-0.4, -0.2) is 14.8 Å². The fraction of sp³-hybridized carbons (Fsp3) is 0.400. The van der Waals surface area contributed by atoms with Gasteiger partial charge in [0.25, 0.3) is 6.71 Å². The second-order valence-electron chi connectivity index (χ2n) is 21.7. The fourth-order valence-electron chi connectivity index (χ4n) is 12.4. The molecule has 2 aliphatic carbocycles. The molecule has 0 bridgehead atoms. The molecule has 4 heteroatoms. The van der Waals surface area contributed by atoms with E-state index in [1.165, 1.54) is 83.5 Å². The van der Waals surface area contributed by atoms with E-state index in [0.717, 1.165) is 12.8 Å². The van der Waals surface area contributed by atoms with Crippen LogP contribution in [0.4, 0.5) is 34.1 Å². The van der Waals surface area contributed by atoms with Crippen molar-refractivity contribution < 1.29 is 0 Å². The highest BCUT2D eigenvalue weighted by Gasteiger charge is 2.51. The third-order valence-electron chi connectivity index (χ3n) is 14.5. The molecule has 0 fully saturated rings. The Morgan fingerprint density at radius 3 is 1.78 bits per heavy atom. The van der Waals surface area contributed by atoms with E-state index in [0.29, 0.717) is 0 Å². The van der Waals surface area contributed by atoms with Crippen molar-refractivity contribution in [3.8, 4) is 0 Å². The second kappa shape index (κ2) is 10.2. The molecule has 5 aromatic carbocycles. The van der Waals surface area contributed by atoms with Crippen molar-refractivity contribution in [1.82, 2.24) is 0 Å². The summed E-state index contributed by atoms with van der Waals surface area (Å²) >= 11 is 0. The highest BCUT2D eigenvalue weighted by molar-refractivity contribution is 7.05. The number of benzene rings is 5. The number of hydrogen-bond acceptors (Lipinski definition) is 2. The molecule has 0 atom stereocenters. The van der Waals surface area contributed by atoms with Crippen LogP contribution in [0.3, 0.4) is 0 Å². The van der Waals surface area contributed by atoms with E-state index in [4.69, 9.17) is 0 Å². The molecule has 2 nitrogen and oxygen atoms in total. The number of para-hydroxylation sites is 2. The first-order valence-electron chi connectivity index (χ1n) is 20.5. The van der Waals surface area contributed by atoms with Gasteiger partial charge in [0.1, 0.15) is 8.07 Å². The first kappa shape index (κ1) is 34.5. The van der Waals surface area contributed by atoms with Crippen molar-refractivity contribution >= 4 is 75.7 Å². The molecule has 0 N–H and O–H groups in total. The van der Waals surface area contributed by atoms with Gasteiger partial charge in [0.15, 0.2) is 0 Å². The van der Waals surface area contributed by atoms with Crippen LogP contribution in [0.1, 0.15) is 117 Å². The van der Waals surface area contributed by atoms with E-state index in [1.54, 1.807) is 5.19 Å². The van der Waals surface area contributed by atoms with Crippen LogP contribution in [0.15, 0.2) is 84.9 Å². The Morgan fingerprint density at radius 1 is 0.537 bits per heavy atom. The van der Waals surface area contributed by atoms with Crippen molar-refractivity contribution in [2.45, 2.75) is 129 Å². The molecule has 0 radical (unpaired) electrons. The Balaban J connectivity index is 1.36. The van der Waals surface area contributed by atoms with Crippen molar-refractivity contribution in [2.24, 2.45) is 0 Å². The summed E-state index contributed by atoms with van der Waals surface area (Å²) in [6, 6.07) is 34.6. The molecule has 0 aromatic heterocycles. The lowest BCUT2D eigenvalue weighted by atomic mass is 9.33. The molecular weight excluding hydrogens is 667 g/mol. The molecule has 0 saturated carbocycles. The van der Waals surface area contributed by atoms with Crippen LogP contribution < -0.4 is 36.6 Å². The van der Waals surface area contributed by atoms with E-state index in [9.17, 15) is 0 Å². The fourth-order valence-corrected chi connectivity index (χ4v) is 15.4. The predicted octanol–water partition coefficient (Wildman–Crippen LogP) is 10.1. The SMILES string of the molecule is CC(C)(C)c1cc2c3c(c1)N1c4ccccc4[Si](C)(C)c4cccc(c41)B3c1cc3c(cc1N2c1ccc2c(c1)C(C)(C)CC2(C)C)C(C)(C)CC3(C)C. The molecule has 3 aliphatic heterocycles. The van der Waals surface area contributed by atoms with Crippen molar-refractivity contribution in [3.05, 3.63) is 113 Å². The standard InChI is InChI=1S/C50H57BN2Si/c1-46(2,3)30-23-40-44-41(24-30)53-38-18-14-15-19-42(38)54(12,13)43-20-16-17-36(45(43)53)51(44)37-26-34-35(50(10,11)29-49(34,8)9)27-39(37)52(40)31-21-22-32-33(25-31)48(6,7)28-47(32,4)5/h14-27H,28-29H2,1-13H3. The Hall–Kier alpha value is -4.02. The van der Waals surface area contributed by atoms with Crippen LogP contribution in [0.2, 0.25) is 13.1 Å². The van der Waals surface area contributed by atoms with Crippen LogP contribution in [0, 0.1) is 0 Å². The predicted molar refractivity (Wildman–Crippen MR) is 237 cm³/mol. The maximum Gasteiger partial charge on any atom is 0.252 e. The quantitative estimate of drug-likeness (QED) is 0.156. The van der Waals surface area contributed by atoms with E-state index < -0.39 is 8.07 Å². The summed E-state index contributed by atoms with van der Waals surface area (Å²) in [5.74, 6) is 0. The number of nitrogens with zero attached hydrogens (tertiary/aromatic N) is 2. The van der Waals surface area contributed by atoms with Gasteiger partial charge in [-0.1, -0.05) is 138 Å². The van der Waals surface area contributed by atoms with E-state index >= 15 is 0 Å². The van der Waals surface area contributed by atoms with Crippen LogP contribution >= 0.6 is 0 Å². The van der Waals surface area contributed by atoms with Crippen molar-refractivity contribution in [3.63, 3.8) is 0 Å². The topological polar surface area (TPSA) is 6.48 Å². The molecule has 5 aliphatic rings. The molecule has 10 rings (SSSR count). The van der Waals surface area contributed by atoms with E-state index in [2.05, 4.69) is 184 Å². The molecular formula is C50H57BN2Si. The van der Waals surface area contributed by atoms with Gasteiger partial charge in [-0.2, -0.15) is 0 Å². The van der Waals surface area contributed by atoms with E-state index in [1.807, 2.05) is 0 Å². The third kappa shape index (κ3) is 4.35. The average molecular weight is 725 g/mol. The highest BCUT2D eigenvalue weighted by atomic mass is 28.3. The summed E-state index contributed by atoms with van der Waals surface area (Å²) in [5.41, 5.74) is 20.4. The molecule has 54 heavy (non-hydrogen) atoms. The molecule has 0 saturated heterocycles. The van der Waals surface area contributed by atoms with Gasteiger partial charge in [0, 0.05) is 34.1 Å². The van der Waals surface area contributed by atoms with Crippen LogP contribution in [0.25, 0.3) is 0 Å². The van der Waals surface area contributed by atoms with E-state index in [-0.39, 0.29) is 33.8 Å². The first-order valence-corrected chi connectivity index (χ1v) is 23.5. The van der Waals surface area contributed by atoms with Crippen molar-refractivity contribution in [2.75, 3.05) is 9.80 Å². The largest absolute Gasteiger partial charge is 0.312 e. The lowest BCUT2D eigenvalue weighted by molar-refractivity contribution is 0.403. The third-order valence-corrected chi connectivity index (χ3v) is 18.1. The summed E-state index contributed by atoms with van der Waals surface area (Å²) in [4.78, 5) is 5.40. The van der Waals surface area contributed by atoms with Crippen LogP contribution in [-0.2, 0) is 27.1 Å². The lowest BCUT2D eigenvalue weighted by Crippen LogP contribution is -2.67. The van der Waals surface area contributed by atoms with Gasteiger partial charge >= 0.3 is 0 Å². The zero-order valence-electron chi connectivity index (χ0n) is 35.0. The van der Waals surface area contributed by atoms with Gasteiger partial charge in [-0.3, -0.25) is 0 Å². The number of fused-ring (bicyclic) bond motifs is 8. The van der Waals surface area contributed by atoms with Gasteiger partial charge in [0.05, 0.1) is 0 Å². The summed E-state index contributed by atoms with van der Waals surface area (Å²) in [6.45, 7) is 32.1. The highest BCUT2D eigenvalue weighted by Crippen LogP contribution is 2.55. The minimum absolute atomic E-state index is 0.0377. The minimum Gasteiger partial charge on any atom is -0.312 e. The Kier molecular flexibility index (Phi) is 6.53. The summed E-state index contributed by atoms with van der Waals surface area (Å²) < 4.78 is 0. The molecule has 0 unspecified atom stereocenters. The number of anilines is 6. The summed E-state index contributed by atoms with van der Waals surface area (Å²) in [5, 5.41) is 3.09. The van der Waals surface area contributed by atoms with Gasteiger partial charge in [-0.05, 0) is 131 Å². The number of hydrogen-bond donors (Lipinski definition) is 0. The molecule has 0 spiro atoms. The molecule has 5 aromatic rings. The Labute approximate surface area is 326 Å². The van der Waals surface area contributed by atoms with Crippen LogP contribution in [0.5, 0.6) is 0 Å². The van der Waals surface area contributed by atoms with Gasteiger partial charge in [-0.25, -0.2) is 0 Å². The molecule has 274 valence electrons. The average Bonchev–Trinajstić information content (AvgIpc) is 3.39. The van der Waals surface area contributed by atoms with Crippen molar-refractivity contribution in [1.29, 1.82) is 0 Å². The minimum atomic E-state index is -2.00. The zero-order chi connectivity index (χ0) is 38.3. The second-order valence-corrected chi connectivity index (χ2v) is 26.1. The smallest absolute Gasteiger partial charge is 0.252 e. The van der Waals surface area contributed by atoms with Gasteiger partial charge in [-0.15, -0.1) is 0 Å². The Bertz CT molecular complexity index is 2490. The molecule has 0 amide bonds. The zero-order valence-corrected chi connectivity index (χ0v) is 36.0. The molecule has 3 heterocycles. The lowest BCUT2D eigenvalue weighted by Gasteiger charge is -2.49. The maximum atomic E-state index is 2.70. The normalized spacial score (nSPS) is 20.8. The summed E-state index contributed by atoms with van der Waals surface area (Å²) in [7, 11) is -2.00. The monoisotopic (exact) mass is 724 g/mol. The van der Waals surface area contributed by atoms with Gasteiger partial charge in [0.2, 0.25) is 0 Å². The summed E-state index contributed by atoms with van der Waals surface area (Å²) in [6.07, 6.45) is 2.32.